The molecule has 1 aliphatic rings. The highest BCUT2D eigenvalue weighted by Gasteiger charge is 2.38. The average Bonchev–Trinajstić information content (AvgIpc) is 3.18. The Morgan fingerprint density at radius 1 is 0.743 bits per heavy atom. The van der Waals surface area contributed by atoms with Crippen LogP contribution in [0.4, 0.5) is 10.3 Å². The Labute approximate surface area is 209 Å². The third-order valence-electron chi connectivity index (χ3n) is 5.50. The van der Waals surface area contributed by atoms with Crippen molar-refractivity contribution in [2.75, 3.05) is 10.6 Å². The lowest BCUT2D eigenvalue weighted by molar-refractivity contribution is -0.116. The quantitative estimate of drug-likeness (QED) is 0.335. The molecule has 0 aliphatic heterocycles. The van der Waals surface area contributed by atoms with Gasteiger partial charge in [-0.25, -0.2) is 0 Å². The van der Waals surface area contributed by atoms with E-state index in [0.29, 0.717) is 33.5 Å². The van der Waals surface area contributed by atoms with Crippen LogP contribution in [0.3, 0.4) is 0 Å². The number of hydrogen-bond donors (Lipinski definition) is 2. The molecule has 2 amide bonds. The maximum Gasteiger partial charge on any atom is 0.232 e. The number of pyridine rings is 2. The number of hydrogen-bond acceptors (Lipinski definition) is 10. The van der Waals surface area contributed by atoms with E-state index in [1.54, 1.807) is 12.4 Å². The van der Waals surface area contributed by atoms with Crippen LogP contribution in [0.15, 0.2) is 48.8 Å². The second-order valence-electron chi connectivity index (χ2n) is 8.26. The van der Waals surface area contributed by atoms with Crippen molar-refractivity contribution in [2.24, 2.45) is 11.8 Å². The highest BCUT2D eigenvalue weighted by molar-refractivity contribution is 7.15. The van der Waals surface area contributed by atoms with Gasteiger partial charge in [0.15, 0.2) is 0 Å². The summed E-state index contributed by atoms with van der Waals surface area (Å²) >= 11 is 2.81. The smallest absolute Gasteiger partial charge is 0.232 e. The zero-order chi connectivity index (χ0) is 24.0. The summed E-state index contributed by atoms with van der Waals surface area (Å²) in [6, 6.07) is 11.0. The molecule has 1 unspecified atom stereocenters. The van der Waals surface area contributed by atoms with Gasteiger partial charge in [-0.3, -0.25) is 19.6 Å². The molecule has 2 atom stereocenters. The SMILES string of the molecule is O=C(Cc1ccccn1)Nc1nnc(CC2C[C@H]2Cc2nnc(NC(=O)Cc3ccccn3)s2)s1. The highest BCUT2D eigenvalue weighted by Crippen LogP contribution is 2.44. The molecule has 0 spiro atoms. The summed E-state index contributed by atoms with van der Waals surface area (Å²) < 4.78 is 0. The van der Waals surface area contributed by atoms with Crippen LogP contribution in [0.25, 0.3) is 0 Å². The molecule has 4 aromatic rings. The Balaban J connectivity index is 1.05. The first kappa shape index (κ1) is 23.1. The van der Waals surface area contributed by atoms with E-state index >= 15 is 0 Å². The van der Waals surface area contributed by atoms with E-state index < -0.39 is 0 Å². The third kappa shape index (κ3) is 6.70. The van der Waals surface area contributed by atoms with E-state index in [0.717, 1.165) is 29.3 Å². The van der Waals surface area contributed by atoms with E-state index in [-0.39, 0.29) is 24.7 Å². The predicted octanol–water partition coefficient (Wildman–Crippen LogP) is 2.96. The molecule has 10 nitrogen and oxygen atoms in total. The van der Waals surface area contributed by atoms with Crippen LogP contribution >= 0.6 is 22.7 Å². The minimum Gasteiger partial charge on any atom is -0.300 e. The fraction of sp³-hybridized carbons (Fsp3) is 0.304. The zero-order valence-electron chi connectivity index (χ0n) is 18.6. The molecule has 4 aromatic heterocycles. The van der Waals surface area contributed by atoms with E-state index in [9.17, 15) is 9.59 Å². The van der Waals surface area contributed by atoms with Crippen molar-refractivity contribution in [3.8, 4) is 0 Å². The molecule has 178 valence electrons. The Morgan fingerprint density at radius 3 is 1.66 bits per heavy atom. The molecule has 0 radical (unpaired) electrons. The monoisotopic (exact) mass is 506 g/mol. The van der Waals surface area contributed by atoms with Gasteiger partial charge in [0.2, 0.25) is 22.1 Å². The number of carbonyl (C=O) groups is 2. The first-order valence-electron chi connectivity index (χ1n) is 11.1. The van der Waals surface area contributed by atoms with E-state index in [1.165, 1.54) is 22.7 Å². The molecule has 12 heteroatoms. The van der Waals surface area contributed by atoms with Crippen molar-refractivity contribution in [3.63, 3.8) is 0 Å². The highest BCUT2D eigenvalue weighted by atomic mass is 32.1. The lowest BCUT2D eigenvalue weighted by atomic mass is 10.2. The van der Waals surface area contributed by atoms with Gasteiger partial charge in [0, 0.05) is 36.6 Å². The number of anilines is 2. The van der Waals surface area contributed by atoms with E-state index in [2.05, 4.69) is 41.0 Å². The van der Waals surface area contributed by atoms with Crippen LogP contribution < -0.4 is 10.6 Å². The molecule has 0 bridgehead atoms. The Bertz CT molecular complexity index is 1200. The fourth-order valence-electron chi connectivity index (χ4n) is 3.69. The summed E-state index contributed by atoms with van der Waals surface area (Å²) in [4.78, 5) is 32.7. The largest absolute Gasteiger partial charge is 0.300 e. The molecule has 35 heavy (non-hydrogen) atoms. The summed E-state index contributed by atoms with van der Waals surface area (Å²) in [7, 11) is 0. The van der Waals surface area contributed by atoms with Crippen molar-refractivity contribution in [1.82, 2.24) is 30.4 Å². The maximum absolute atomic E-state index is 12.2. The van der Waals surface area contributed by atoms with Gasteiger partial charge < -0.3 is 10.6 Å². The topological polar surface area (TPSA) is 136 Å². The molecule has 4 heterocycles. The Morgan fingerprint density at radius 2 is 1.23 bits per heavy atom. The van der Waals surface area contributed by atoms with Gasteiger partial charge in [-0.1, -0.05) is 34.8 Å². The van der Waals surface area contributed by atoms with Crippen LogP contribution in [0, 0.1) is 11.8 Å². The molecular weight excluding hydrogens is 484 g/mol. The van der Waals surface area contributed by atoms with Gasteiger partial charge in [-0.05, 0) is 42.5 Å². The molecular formula is C23H22N8O2S2. The Hall–Kier alpha value is -3.64. The minimum atomic E-state index is -0.158. The molecule has 5 rings (SSSR count). The van der Waals surface area contributed by atoms with E-state index in [1.807, 2.05) is 36.4 Å². The summed E-state index contributed by atoms with van der Waals surface area (Å²) in [6.45, 7) is 0. The first-order chi connectivity index (χ1) is 17.1. The molecule has 1 fully saturated rings. The van der Waals surface area contributed by atoms with Crippen LogP contribution in [0.2, 0.25) is 0 Å². The number of rotatable bonds is 10. The summed E-state index contributed by atoms with van der Waals surface area (Å²) in [5.74, 6) is 0.696. The van der Waals surface area contributed by atoms with Crippen molar-refractivity contribution in [1.29, 1.82) is 0 Å². The molecule has 0 saturated heterocycles. The van der Waals surface area contributed by atoms with Crippen molar-refractivity contribution < 1.29 is 9.59 Å². The lowest BCUT2D eigenvalue weighted by Gasteiger charge is -2.00. The first-order valence-corrected chi connectivity index (χ1v) is 12.8. The Kier molecular flexibility index (Phi) is 7.09. The van der Waals surface area contributed by atoms with Crippen molar-refractivity contribution >= 4 is 44.8 Å². The number of amides is 2. The van der Waals surface area contributed by atoms with Gasteiger partial charge in [0.25, 0.3) is 0 Å². The van der Waals surface area contributed by atoms with E-state index in [4.69, 9.17) is 0 Å². The average molecular weight is 507 g/mol. The summed E-state index contributed by atoms with van der Waals surface area (Å²) in [5.41, 5.74) is 1.42. The zero-order valence-corrected chi connectivity index (χ0v) is 20.3. The predicted molar refractivity (Wildman–Crippen MR) is 132 cm³/mol. The number of nitrogens with one attached hydrogen (secondary N) is 2. The van der Waals surface area contributed by atoms with Gasteiger partial charge in [0.1, 0.15) is 10.0 Å². The minimum absolute atomic E-state index is 0.158. The normalized spacial score (nSPS) is 16.6. The second-order valence-corrected chi connectivity index (χ2v) is 10.4. The van der Waals surface area contributed by atoms with Crippen LogP contribution in [-0.4, -0.2) is 42.2 Å². The van der Waals surface area contributed by atoms with Crippen molar-refractivity contribution in [3.05, 3.63) is 70.2 Å². The molecule has 1 saturated carbocycles. The second kappa shape index (κ2) is 10.7. The van der Waals surface area contributed by atoms with Crippen molar-refractivity contribution in [2.45, 2.75) is 32.1 Å². The number of aromatic nitrogens is 6. The summed E-state index contributed by atoms with van der Waals surface area (Å²) in [6.07, 6.45) is 6.47. The fourth-order valence-corrected chi connectivity index (χ4v) is 5.39. The van der Waals surface area contributed by atoms with Gasteiger partial charge in [-0.15, -0.1) is 20.4 Å². The van der Waals surface area contributed by atoms with Gasteiger partial charge in [0.05, 0.1) is 12.8 Å². The van der Waals surface area contributed by atoms with Gasteiger partial charge >= 0.3 is 0 Å². The number of nitrogens with zero attached hydrogens (tertiary/aromatic N) is 6. The summed E-state index contributed by atoms with van der Waals surface area (Å²) in [5, 5.41) is 25.1. The third-order valence-corrected chi connectivity index (χ3v) is 7.23. The van der Waals surface area contributed by atoms with Crippen LogP contribution in [0.1, 0.15) is 27.8 Å². The maximum atomic E-state index is 12.2. The molecule has 1 aliphatic carbocycles. The van der Waals surface area contributed by atoms with Gasteiger partial charge in [-0.2, -0.15) is 0 Å². The molecule has 0 aromatic carbocycles. The van der Waals surface area contributed by atoms with Crippen LogP contribution in [-0.2, 0) is 35.3 Å². The standard InChI is InChI=1S/C23H22N8O2S2/c32-18(12-16-5-1-3-7-24-16)26-22-30-28-20(34-22)10-14-9-15(14)11-21-29-31-23(35-21)27-19(33)13-17-6-2-4-8-25-17/h1-8,14-15H,9-13H2,(H,26,30,32)(H,27,31,33)/t14-,15?/m0/s1. The number of carbonyl (C=O) groups excluding carboxylic acids is 2. The lowest BCUT2D eigenvalue weighted by Crippen LogP contribution is -2.14. The van der Waals surface area contributed by atoms with Crippen LogP contribution in [0.5, 0.6) is 0 Å². The molecule has 2 N–H and O–H groups in total.